The van der Waals surface area contributed by atoms with Gasteiger partial charge in [-0.25, -0.2) is 0 Å². The van der Waals surface area contributed by atoms with Crippen LogP contribution in [0.5, 0.6) is 0 Å². The lowest BCUT2D eigenvalue weighted by Crippen LogP contribution is -2.69. The summed E-state index contributed by atoms with van der Waals surface area (Å²) < 4.78 is 0.194. The molecule has 3 heteroatoms. The largest absolute Gasteiger partial charge is 0.633 e. The normalized spacial score (nSPS) is 52.5. The molecule has 4 fully saturated rings. The molecule has 4 rings (SSSR count). The third-order valence-corrected chi connectivity index (χ3v) is 6.26. The van der Waals surface area contributed by atoms with Crippen molar-refractivity contribution in [3.63, 3.8) is 0 Å². The molecule has 0 spiro atoms. The molecule has 0 aromatic carbocycles. The smallest absolute Gasteiger partial charge is 0.0928 e. The maximum Gasteiger partial charge on any atom is 0.0928 e. The lowest BCUT2D eigenvalue weighted by Gasteiger charge is -2.63. The second kappa shape index (κ2) is 4.19. The average molecular weight is 250 g/mol. The molecule has 0 saturated carbocycles. The van der Waals surface area contributed by atoms with Gasteiger partial charge in [-0.15, -0.1) is 0 Å². The zero-order chi connectivity index (χ0) is 12.2. The summed E-state index contributed by atoms with van der Waals surface area (Å²) in [5.41, 5.74) is 0. The van der Waals surface area contributed by atoms with Gasteiger partial charge < -0.3 is 9.85 Å². The van der Waals surface area contributed by atoms with Crippen molar-refractivity contribution >= 4 is 0 Å². The minimum atomic E-state index is 0.194. The van der Waals surface area contributed by atoms with Crippen molar-refractivity contribution in [1.82, 2.24) is 4.90 Å². The Kier molecular flexibility index (Phi) is 2.72. The molecule has 0 amide bonds. The van der Waals surface area contributed by atoms with E-state index in [-0.39, 0.29) is 4.65 Å². The number of piperidine rings is 4. The van der Waals surface area contributed by atoms with Gasteiger partial charge >= 0.3 is 0 Å². The maximum absolute atomic E-state index is 13.1. The Hall–Kier alpha value is -0.120. The lowest BCUT2D eigenvalue weighted by atomic mass is 9.70. The van der Waals surface area contributed by atoms with Crippen LogP contribution < -0.4 is 0 Å². The van der Waals surface area contributed by atoms with Gasteiger partial charge in [0, 0.05) is 30.8 Å². The molecule has 102 valence electrons. The Labute approximate surface area is 110 Å². The van der Waals surface area contributed by atoms with E-state index in [0.717, 1.165) is 31.0 Å². The van der Waals surface area contributed by atoms with E-state index in [9.17, 15) is 5.21 Å². The van der Waals surface area contributed by atoms with E-state index < -0.39 is 0 Å². The Balaban J connectivity index is 1.61. The fourth-order valence-corrected chi connectivity index (χ4v) is 5.55. The fourth-order valence-electron chi connectivity index (χ4n) is 5.55. The van der Waals surface area contributed by atoms with Gasteiger partial charge in [0.25, 0.3) is 0 Å². The SMILES string of the molecule is [O-][N+]12CCCC[C@H]1[C@@H]1C[C@H](C2)[C@H]2CCCCN2C1. The van der Waals surface area contributed by atoms with Crippen molar-refractivity contribution in [3.8, 4) is 0 Å². The fraction of sp³-hybridized carbons (Fsp3) is 1.00. The molecule has 5 atom stereocenters. The van der Waals surface area contributed by atoms with Crippen LogP contribution in [0.25, 0.3) is 0 Å². The van der Waals surface area contributed by atoms with E-state index in [0.29, 0.717) is 6.04 Å². The molecule has 18 heavy (non-hydrogen) atoms. The molecule has 0 radical (unpaired) electrons. The first kappa shape index (κ1) is 11.7. The standard InChI is InChI=1S/C15H26N2O/c18-17-8-4-2-6-15(17)12-9-13(11-17)14-5-1-3-7-16(14)10-12/h12-15H,1-11H2/t12-,13-,14-,15+,17?/m1/s1. The monoisotopic (exact) mass is 250 g/mol. The predicted octanol–water partition coefficient (Wildman–Crippen LogP) is 2.36. The number of nitrogens with zero attached hydrogens (tertiary/aromatic N) is 2. The average Bonchev–Trinajstić information content (AvgIpc) is 2.38. The summed E-state index contributed by atoms with van der Waals surface area (Å²) in [6.07, 6.45) is 9.20. The van der Waals surface area contributed by atoms with Crippen LogP contribution in [0.3, 0.4) is 0 Å². The molecule has 2 bridgehead atoms. The Morgan fingerprint density at radius 2 is 1.89 bits per heavy atom. The number of hydroxylamine groups is 3. The molecule has 4 heterocycles. The molecule has 1 unspecified atom stereocenters. The molecule has 0 aromatic heterocycles. The van der Waals surface area contributed by atoms with Gasteiger partial charge in [0.1, 0.15) is 0 Å². The molecule has 4 aliphatic heterocycles. The Morgan fingerprint density at radius 1 is 1.00 bits per heavy atom. The first-order valence-electron chi connectivity index (χ1n) is 8.08. The van der Waals surface area contributed by atoms with Crippen LogP contribution in [0.4, 0.5) is 0 Å². The van der Waals surface area contributed by atoms with E-state index in [4.69, 9.17) is 0 Å². The van der Waals surface area contributed by atoms with Gasteiger partial charge in [0.05, 0.1) is 19.1 Å². The summed E-state index contributed by atoms with van der Waals surface area (Å²) >= 11 is 0. The third kappa shape index (κ3) is 1.67. The number of hydrogen-bond donors (Lipinski definition) is 0. The first-order chi connectivity index (χ1) is 8.76. The van der Waals surface area contributed by atoms with Crippen molar-refractivity contribution in [2.45, 2.75) is 57.0 Å². The zero-order valence-corrected chi connectivity index (χ0v) is 11.4. The number of quaternary nitrogens is 1. The van der Waals surface area contributed by atoms with Gasteiger partial charge in [-0.3, -0.25) is 4.90 Å². The van der Waals surface area contributed by atoms with Crippen LogP contribution in [0, 0.1) is 17.0 Å². The van der Waals surface area contributed by atoms with Crippen LogP contribution in [-0.2, 0) is 0 Å². The van der Waals surface area contributed by atoms with Crippen molar-refractivity contribution in [2.75, 3.05) is 26.2 Å². The molecule has 3 nitrogen and oxygen atoms in total. The lowest BCUT2D eigenvalue weighted by molar-refractivity contribution is -0.925. The Bertz CT molecular complexity index is 334. The number of fused-ring (bicyclic) bond motifs is 6. The van der Waals surface area contributed by atoms with Gasteiger partial charge in [-0.1, -0.05) is 6.42 Å². The molecular formula is C15H26N2O. The maximum atomic E-state index is 13.1. The van der Waals surface area contributed by atoms with Crippen LogP contribution in [0.2, 0.25) is 0 Å². The second-order valence-corrected chi connectivity index (χ2v) is 7.24. The van der Waals surface area contributed by atoms with E-state index in [1.165, 1.54) is 58.0 Å². The molecule has 0 N–H and O–H groups in total. The summed E-state index contributed by atoms with van der Waals surface area (Å²) in [5, 5.41) is 13.1. The highest BCUT2D eigenvalue weighted by molar-refractivity contribution is 4.96. The van der Waals surface area contributed by atoms with Crippen molar-refractivity contribution < 1.29 is 4.65 Å². The van der Waals surface area contributed by atoms with Crippen molar-refractivity contribution in [1.29, 1.82) is 0 Å². The van der Waals surface area contributed by atoms with Gasteiger partial charge in [-0.05, 0) is 38.6 Å². The highest BCUT2D eigenvalue weighted by Crippen LogP contribution is 2.45. The number of hydrogen-bond acceptors (Lipinski definition) is 2. The highest BCUT2D eigenvalue weighted by atomic mass is 16.5. The van der Waals surface area contributed by atoms with Gasteiger partial charge in [0.15, 0.2) is 0 Å². The zero-order valence-electron chi connectivity index (χ0n) is 11.4. The number of rotatable bonds is 0. The summed E-state index contributed by atoms with van der Waals surface area (Å²) in [7, 11) is 0. The topological polar surface area (TPSA) is 26.3 Å². The summed E-state index contributed by atoms with van der Waals surface area (Å²) in [5.74, 6) is 1.44. The summed E-state index contributed by atoms with van der Waals surface area (Å²) in [6.45, 7) is 4.42. The molecule has 4 saturated heterocycles. The Morgan fingerprint density at radius 3 is 2.83 bits per heavy atom. The van der Waals surface area contributed by atoms with Crippen molar-refractivity contribution in [2.24, 2.45) is 11.8 Å². The van der Waals surface area contributed by atoms with Gasteiger partial charge in [0.2, 0.25) is 0 Å². The molecule has 0 aromatic rings. The van der Waals surface area contributed by atoms with Crippen LogP contribution >= 0.6 is 0 Å². The van der Waals surface area contributed by atoms with Gasteiger partial charge in [-0.2, -0.15) is 0 Å². The summed E-state index contributed by atoms with van der Waals surface area (Å²) in [6, 6.07) is 1.22. The van der Waals surface area contributed by atoms with E-state index >= 15 is 0 Å². The molecular weight excluding hydrogens is 224 g/mol. The van der Waals surface area contributed by atoms with Crippen LogP contribution in [-0.4, -0.2) is 47.8 Å². The van der Waals surface area contributed by atoms with Crippen LogP contribution in [0.15, 0.2) is 0 Å². The highest BCUT2D eigenvalue weighted by Gasteiger charge is 2.51. The van der Waals surface area contributed by atoms with E-state index in [1.54, 1.807) is 0 Å². The van der Waals surface area contributed by atoms with E-state index in [1.807, 2.05) is 0 Å². The predicted molar refractivity (Wildman–Crippen MR) is 71.8 cm³/mol. The molecule has 4 aliphatic rings. The summed E-state index contributed by atoms with van der Waals surface area (Å²) in [4.78, 5) is 2.75. The van der Waals surface area contributed by atoms with E-state index in [2.05, 4.69) is 4.90 Å². The first-order valence-corrected chi connectivity index (χ1v) is 8.08. The second-order valence-electron chi connectivity index (χ2n) is 7.24. The molecule has 0 aliphatic carbocycles. The third-order valence-electron chi connectivity index (χ3n) is 6.26. The van der Waals surface area contributed by atoms with Crippen LogP contribution in [0.1, 0.15) is 44.9 Å². The minimum absolute atomic E-state index is 0.194. The van der Waals surface area contributed by atoms with Crippen molar-refractivity contribution in [3.05, 3.63) is 5.21 Å². The minimum Gasteiger partial charge on any atom is -0.633 e. The quantitative estimate of drug-likeness (QED) is 0.487.